The minimum atomic E-state index is -0.380. The summed E-state index contributed by atoms with van der Waals surface area (Å²) in [7, 11) is 1.82. The molecule has 0 saturated carbocycles. The second-order valence-electron chi connectivity index (χ2n) is 4.38. The average molecular weight is 356 g/mol. The molecule has 0 N–H and O–H groups in total. The second-order valence-corrected chi connectivity index (χ2v) is 5.73. The first-order chi connectivity index (χ1) is 9.47. The lowest BCUT2D eigenvalue weighted by Gasteiger charge is -2.19. The molecule has 0 saturated heterocycles. The summed E-state index contributed by atoms with van der Waals surface area (Å²) < 4.78 is 0.684. The monoisotopic (exact) mass is 354 g/mol. The number of benzene rings is 2. The summed E-state index contributed by atoms with van der Waals surface area (Å²) in [5, 5.41) is 11.8. The fourth-order valence-electron chi connectivity index (χ4n) is 1.96. The van der Waals surface area contributed by atoms with Crippen LogP contribution in [0.5, 0.6) is 0 Å². The van der Waals surface area contributed by atoms with Gasteiger partial charge in [0.25, 0.3) is 5.69 Å². The Hall–Kier alpha value is -1.59. The van der Waals surface area contributed by atoms with E-state index in [1.54, 1.807) is 18.2 Å². The number of hydrogen-bond donors (Lipinski definition) is 0. The molecule has 2 aromatic carbocycles. The van der Waals surface area contributed by atoms with Gasteiger partial charge in [-0.1, -0.05) is 39.7 Å². The van der Waals surface area contributed by atoms with E-state index in [0.717, 1.165) is 5.56 Å². The van der Waals surface area contributed by atoms with Crippen LogP contribution in [0.25, 0.3) is 0 Å². The molecule has 0 bridgehead atoms. The highest BCUT2D eigenvalue weighted by Gasteiger charge is 2.17. The van der Waals surface area contributed by atoms with Crippen LogP contribution in [0.1, 0.15) is 5.56 Å². The number of nitro benzene ring substituents is 1. The Labute approximate surface area is 130 Å². The Kier molecular flexibility index (Phi) is 4.62. The van der Waals surface area contributed by atoms with Crippen molar-refractivity contribution in [2.24, 2.45) is 0 Å². The predicted octanol–water partition coefficient (Wildman–Crippen LogP) is 4.65. The molecule has 0 aliphatic heterocycles. The maximum Gasteiger partial charge on any atom is 0.293 e. The SMILES string of the molecule is CN(Cc1cccc(Cl)c1)c1ccc(Br)cc1[N+](=O)[O-]. The molecule has 0 radical (unpaired) electrons. The van der Waals surface area contributed by atoms with Crippen molar-refractivity contribution < 1.29 is 4.92 Å². The zero-order chi connectivity index (χ0) is 14.7. The predicted molar refractivity (Wildman–Crippen MR) is 84.4 cm³/mol. The van der Waals surface area contributed by atoms with Crippen LogP contribution >= 0.6 is 27.5 Å². The quantitative estimate of drug-likeness (QED) is 0.592. The summed E-state index contributed by atoms with van der Waals surface area (Å²) in [6, 6.07) is 12.5. The molecule has 0 aliphatic rings. The van der Waals surface area contributed by atoms with Crippen LogP contribution < -0.4 is 4.90 Å². The molecular weight excluding hydrogens is 344 g/mol. The highest BCUT2D eigenvalue weighted by atomic mass is 79.9. The first kappa shape index (κ1) is 14.8. The van der Waals surface area contributed by atoms with Gasteiger partial charge < -0.3 is 4.90 Å². The van der Waals surface area contributed by atoms with Gasteiger partial charge in [-0.25, -0.2) is 0 Å². The normalized spacial score (nSPS) is 10.3. The maximum atomic E-state index is 11.1. The van der Waals surface area contributed by atoms with Gasteiger partial charge >= 0.3 is 0 Å². The summed E-state index contributed by atoms with van der Waals surface area (Å²) >= 11 is 9.19. The van der Waals surface area contributed by atoms with E-state index in [-0.39, 0.29) is 10.6 Å². The van der Waals surface area contributed by atoms with E-state index in [4.69, 9.17) is 11.6 Å². The molecule has 2 rings (SSSR count). The smallest absolute Gasteiger partial charge is 0.293 e. The molecule has 6 heteroatoms. The first-order valence-corrected chi connectivity index (χ1v) is 7.04. The van der Waals surface area contributed by atoms with Gasteiger partial charge in [0.2, 0.25) is 0 Å². The third kappa shape index (κ3) is 3.49. The highest BCUT2D eigenvalue weighted by Crippen LogP contribution is 2.31. The van der Waals surface area contributed by atoms with E-state index in [1.807, 2.05) is 30.1 Å². The summed E-state index contributed by atoms with van der Waals surface area (Å²) in [4.78, 5) is 12.6. The minimum absolute atomic E-state index is 0.0731. The third-order valence-corrected chi connectivity index (χ3v) is 3.58. The molecule has 104 valence electrons. The Balaban J connectivity index is 2.29. The molecule has 4 nitrogen and oxygen atoms in total. The van der Waals surface area contributed by atoms with Crippen LogP contribution in [-0.4, -0.2) is 12.0 Å². The van der Waals surface area contributed by atoms with Crippen molar-refractivity contribution in [2.75, 3.05) is 11.9 Å². The molecular formula is C14H12BrClN2O2. The van der Waals surface area contributed by atoms with E-state index >= 15 is 0 Å². The van der Waals surface area contributed by atoms with Crippen LogP contribution in [0.15, 0.2) is 46.9 Å². The molecule has 0 aliphatic carbocycles. The minimum Gasteiger partial charge on any atom is -0.365 e. The standard InChI is InChI=1S/C14H12BrClN2O2/c1-17(9-10-3-2-4-12(16)7-10)13-6-5-11(15)8-14(13)18(19)20/h2-8H,9H2,1H3. The number of rotatable bonds is 4. The second kappa shape index (κ2) is 6.24. The van der Waals surface area contributed by atoms with Gasteiger partial charge in [0.05, 0.1) is 4.92 Å². The molecule has 0 atom stereocenters. The fraction of sp³-hybridized carbons (Fsp3) is 0.143. The average Bonchev–Trinajstić information content (AvgIpc) is 2.38. The largest absolute Gasteiger partial charge is 0.365 e. The molecule has 0 amide bonds. The molecule has 0 fully saturated rings. The van der Waals surface area contributed by atoms with Crippen molar-refractivity contribution >= 4 is 38.9 Å². The van der Waals surface area contributed by atoms with Crippen molar-refractivity contribution in [1.82, 2.24) is 0 Å². The van der Waals surface area contributed by atoms with Gasteiger partial charge in [0, 0.05) is 29.2 Å². The van der Waals surface area contributed by atoms with Gasteiger partial charge in [0.15, 0.2) is 0 Å². The lowest BCUT2D eigenvalue weighted by molar-refractivity contribution is -0.384. The zero-order valence-corrected chi connectivity index (χ0v) is 13.1. The topological polar surface area (TPSA) is 46.4 Å². The molecule has 0 spiro atoms. The van der Waals surface area contributed by atoms with E-state index in [0.29, 0.717) is 21.7 Å². The lowest BCUT2D eigenvalue weighted by atomic mass is 10.2. The Bertz CT molecular complexity index is 649. The molecule has 0 unspecified atom stereocenters. The first-order valence-electron chi connectivity index (χ1n) is 5.87. The number of hydrogen-bond acceptors (Lipinski definition) is 3. The van der Waals surface area contributed by atoms with Crippen LogP contribution in [0.4, 0.5) is 11.4 Å². The van der Waals surface area contributed by atoms with Crippen molar-refractivity contribution in [3.63, 3.8) is 0 Å². The maximum absolute atomic E-state index is 11.1. The van der Waals surface area contributed by atoms with Gasteiger partial charge in [-0.2, -0.15) is 0 Å². The number of anilines is 1. The Morgan fingerprint density at radius 3 is 2.70 bits per heavy atom. The van der Waals surface area contributed by atoms with E-state index in [2.05, 4.69) is 15.9 Å². The zero-order valence-electron chi connectivity index (χ0n) is 10.7. The van der Waals surface area contributed by atoms with Crippen LogP contribution in [0.2, 0.25) is 5.02 Å². The van der Waals surface area contributed by atoms with Gasteiger partial charge in [-0.15, -0.1) is 0 Å². The lowest BCUT2D eigenvalue weighted by Crippen LogP contribution is -2.17. The summed E-state index contributed by atoms with van der Waals surface area (Å²) in [5.74, 6) is 0. The van der Waals surface area contributed by atoms with E-state index < -0.39 is 0 Å². The van der Waals surface area contributed by atoms with Crippen molar-refractivity contribution in [3.8, 4) is 0 Å². The fourth-order valence-corrected chi connectivity index (χ4v) is 2.52. The van der Waals surface area contributed by atoms with Gasteiger partial charge in [-0.3, -0.25) is 10.1 Å². The van der Waals surface area contributed by atoms with Gasteiger partial charge in [-0.05, 0) is 29.8 Å². The van der Waals surface area contributed by atoms with E-state index in [9.17, 15) is 10.1 Å². The summed E-state index contributed by atoms with van der Waals surface area (Å²) in [5.41, 5.74) is 1.64. The number of halogens is 2. The summed E-state index contributed by atoms with van der Waals surface area (Å²) in [6.07, 6.45) is 0. The Morgan fingerprint density at radius 1 is 1.30 bits per heavy atom. The molecule has 0 heterocycles. The van der Waals surface area contributed by atoms with Crippen molar-refractivity contribution in [2.45, 2.75) is 6.54 Å². The highest BCUT2D eigenvalue weighted by molar-refractivity contribution is 9.10. The van der Waals surface area contributed by atoms with Crippen LogP contribution in [0, 0.1) is 10.1 Å². The summed E-state index contributed by atoms with van der Waals surface area (Å²) in [6.45, 7) is 0.545. The van der Waals surface area contributed by atoms with Gasteiger partial charge in [0.1, 0.15) is 5.69 Å². The third-order valence-electron chi connectivity index (χ3n) is 2.85. The van der Waals surface area contributed by atoms with Crippen molar-refractivity contribution in [1.29, 1.82) is 0 Å². The van der Waals surface area contributed by atoms with E-state index in [1.165, 1.54) is 6.07 Å². The number of nitro groups is 1. The molecule has 2 aromatic rings. The molecule has 20 heavy (non-hydrogen) atoms. The van der Waals surface area contributed by atoms with Crippen LogP contribution in [0.3, 0.4) is 0 Å². The molecule has 0 aromatic heterocycles. The van der Waals surface area contributed by atoms with Crippen LogP contribution in [-0.2, 0) is 6.54 Å². The number of nitrogens with zero attached hydrogens (tertiary/aromatic N) is 2. The van der Waals surface area contributed by atoms with Crippen molar-refractivity contribution in [3.05, 3.63) is 67.6 Å². The Morgan fingerprint density at radius 2 is 2.05 bits per heavy atom.